The molecular weight excluding hydrogens is 557 g/mol. The highest BCUT2D eigenvalue weighted by Gasteiger charge is 2.60. The first-order valence-electron chi connectivity index (χ1n) is 13.9. The van der Waals surface area contributed by atoms with E-state index in [0.717, 1.165) is 4.90 Å². The zero-order chi connectivity index (χ0) is 30.4. The van der Waals surface area contributed by atoms with Crippen LogP contribution in [0.1, 0.15) is 44.2 Å². The van der Waals surface area contributed by atoms with Gasteiger partial charge < -0.3 is 19.6 Å². The van der Waals surface area contributed by atoms with E-state index in [4.69, 9.17) is 4.74 Å². The Morgan fingerprint density at radius 2 is 1.58 bits per heavy atom. The summed E-state index contributed by atoms with van der Waals surface area (Å²) < 4.78 is 47.8. The summed E-state index contributed by atoms with van der Waals surface area (Å²) in [5.41, 5.74) is 1.71. The molecule has 0 saturated heterocycles. The molecule has 0 saturated carbocycles. The van der Waals surface area contributed by atoms with E-state index in [-0.39, 0.29) is 36.7 Å². The third kappa shape index (κ3) is 4.83. The molecule has 4 aromatic carbocycles. The van der Waals surface area contributed by atoms with Crippen molar-refractivity contribution in [3.05, 3.63) is 130 Å². The molecule has 43 heavy (non-hydrogen) atoms. The number of ether oxygens (including phenoxy) is 1. The summed E-state index contributed by atoms with van der Waals surface area (Å²) >= 11 is 0. The van der Waals surface area contributed by atoms with Gasteiger partial charge in [0, 0.05) is 16.8 Å². The Labute approximate surface area is 246 Å². The van der Waals surface area contributed by atoms with Crippen LogP contribution in [0.3, 0.4) is 0 Å². The molecule has 2 aliphatic rings. The fourth-order valence-electron chi connectivity index (χ4n) is 6.60. The van der Waals surface area contributed by atoms with Crippen LogP contribution in [0.2, 0.25) is 0 Å². The highest BCUT2D eigenvalue weighted by atomic mass is 19.4. The lowest BCUT2D eigenvalue weighted by atomic mass is 9.61. The first-order chi connectivity index (χ1) is 20.7. The van der Waals surface area contributed by atoms with Gasteiger partial charge in [0.15, 0.2) is 0 Å². The number of amides is 2. The van der Waals surface area contributed by atoms with Gasteiger partial charge in [-0.2, -0.15) is 13.2 Å². The fraction of sp³-hybridized carbons (Fsp3) is 0.235. The number of halogens is 3. The third-order valence-corrected chi connectivity index (χ3v) is 8.40. The predicted octanol–water partition coefficient (Wildman–Crippen LogP) is 5.97. The van der Waals surface area contributed by atoms with Crippen molar-refractivity contribution in [1.82, 2.24) is 4.90 Å². The number of methoxy groups -OCH3 is 1. The van der Waals surface area contributed by atoms with Crippen LogP contribution in [0.5, 0.6) is 5.75 Å². The molecule has 6 nitrogen and oxygen atoms in total. The molecule has 0 fully saturated rings. The number of aliphatic hydroxyl groups excluding tert-OH is 1. The standard InChI is InChI=1S/C34H29F3N2O4/c1-43-29-13-7-3-9-25(29)19-38-30(23-16-14-22(20-40)15-17-23)33(27-11-5-4-10-26(27)31(38)41)18-24-8-2-6-12-28(24)39(32(33)42)21-34(35,36)37/h2-17,30,40H,18-21H2,1H3/t30-,33-/m0/s1. The van der Waals surface area contributed by atoms with Crippen molar-refractivity contribution in [2.24, 2.45) is 0 Å². The monoisotopic (exact) mass is 586 g/mol. The van der Waals surface area contributed by atoms with Gasteiger partial charge >= 0.3 is 6.18 Å². The molecular formula is C34H29F3N2O4. The van der Waals surface area contributed by atoms with Crippen molar-refractivity contribution in [1.29, 1.82) is 0 Å². The van der Waals surface area contributed by atoms with Crippen LogP contribution >= 0.6 is 0 Å². The van der Waals surface area contributed by atoms with Crippen molar-refractivity contribution < 1.29 is 32.6 Å². The number of para-hydroxylation sites is 2. The van der Waals surface area contributed by atoms with Gasteiger partial charge in [-0.3, -0.25) is 9.59 Å². The molecule has 0 unspecified atom stereocenters. The number of fused-ring (bicyclic) bond motifs is 3. The Morgan fingerprint density at radius 3 is 2.30 bits per heavy atom. The van der Waals surface area contributed by atoms with Gasteiger partial charge in [0.2, 0.25) is 5.91 Å². The molecule has 9 heteroatoms. The van der Waals surface area contributed by atoms with Gasteiger partial charge in [-0.05, 0) is 46.9 Å². The number of hydrogen-bond donors (Lipinski definition) is 1. The zero-order valence-corrected chi connectivity index (χ0v) is 23.3. The molecule has 4 aromatic rings. The Kier molecular flexibility index (Phi) is 7.22. The number of rotatable bonds is 6. The molecule has 0 bridgehead atoms. The van der Waals surface area contributed by atoms with Crippen LogP contribution in [-0.4, -0.2) is 41.7 Å². The average Bonchev–Trinajstić information content (AvgIpc) is 3.01. The van der Waals surface area contributed by atoms with E-state index in [2.05, 4.69) is 0 Å². The number of alkyl halides is 3. The summed E-state index contributed by atoms with van der Waals surface area (Å²) in [7, 11) is 1.52. The van der Waals surface area contributed by atoms with Crippen LogP contribution in [0.25, 0.3) is 0 Å². The second-order valence-corrected chi connectivity index (χ2v) is 10.9. The molecule has 2 heterocycles. The number of anilines is 1. The minimum absolute atomic E-state index is 0.0412. The summed E-state index contributed by atoms with van der Waals surface area (Å²) in [5.74, 6) is -0.543. The second kappa shape index (κ2) is 10.9. The van der Waals surface area contributed by atoms with Gasteiger partial charge in [0.25, 0.3) is 5.91 Å². The number of carbonyl (C=O) groups excluding carboxylic acids is 2. The Hall–Kier alpha value is -4.63. The number of hydrogen-bond acceptors (Lipinski definition) is 4. The molecule has 2 atom stereocenters. The first kappa shape index (κ1) is 28.5. The number of benzene rings is 4. The maximum Gasteiger partial charge on any atom is 0.406 e. The van der Waals surface area contributed by atoms with E-state index >= 15 is 0 Å². The smallest absolute Gasteiger partial charge is 0.406 e. The lowest BCUT2D eigenvalue weighted by Gasteiger charge is -2.53. The van der Waals surface area contributed by atoms with E-state index in [9.17, 15) is 27.9 Å². The lowest BCUT2D eigenvalue weighted by Crippen LogP contribution is -2.63. The molecule has 2 amide bonds. The summed E-state index contributed by atoms with van der Waals surface area (Å²) in [6, 6.07) is 26.4. The SMILES string of the molecule is COc1ccccc1CN1C(=O)c2ccccc2[C@@]2(Cc3ccccc3N(CC(F)(F)F)C2=O)[C@@H]1c1ccc(CO)cc1. The van der Waals surface area contributed by atoms with Crippen molar-refractivity contribution in [3.8, 4) is 5.75 Å². The number of carbonyl (C=O) groups is 2. The lowest BCUT2D eigenvalue weighted by molar-refractivity contribution is -0.138. The third-order valence-electron chi connectivity index (χ3n) is 8.40. The van der Waals surface area contributed by atoms with E-state index in [1.165, 1.54) is 13.2 Å². The van der Waals surface area contributed by atoms with Crippen molar-refractivity contribution >= 4 is 17.5 Å². The van der Waals surface area contributed by atoms with Gasteiger partial charge in [-0.15, -0.1) is 0 Å². The summed E-state index contributed by atoms with van der Waals surface area (Å²) in [5, 5.41) is 9.71. The normalized spacial score (nSPS) is 19.8. The van der Waals surface area contributed by atoms with Gasteiger partial charge in [0.05, 0.1) is 26.3 Å². The molecule has 220 valence electrons. The highest BCUT2D eigenvalue weighted by Crippen LogP contribution is 2.54. The predicted molar refractivity (Wildman–Crippen MR) is 155 cm³/mol. The maximum absolute atomic E-state index is 14.9. The summed E-state index contributed by atoms with van der Waals surface area (Å²) in [6.45, 7) is -1.64. The van der Waals surface area contributed by atoms with Gasteiger partial charge in [0.1, 0.15) is 17.7 Å². The van der Waals surface area contributed by atoms with Crippen molar-refractivity contribution in [3.63, 3.8) is 0 Å². The van der Waals surface area contributed by atoms with E-state index < -0.39 is 30.1 Å². The molecule has 0 radical (unpaired) electrons. The molecule has 2 aliphatic heterocycles. The van der Waals surface area contributed by atoms with E-state index in [1.807, 2.05) is 12.1 Å². The summed E-state index contributed by atoms with van der Waals surface area (Å²) in [6.07, 6.45) is -4.59. The largest absolute Gasteiger partial charge is 0.496 e. The van der Waals surface area contributed by atoms with Crippen LogP contribution in [-0.2, 0) is 29.8 Å². The van der Waals surface area contributed by atoms with Gasteiger partial charge in [-0.25, -0.2) is 0 Å². The minimum Gasteiger partial charge on any atom is -0.496 e. The highest BCUT2D eigenvalue weighted by molar-refractivity contribution is 6.10. The quantitative estimate of drug-likeness (QED) is 0.302. The van der Waals surface area contributed by atoms with Crippen molar-refractivity contribution in [2.45, 2.75) is 37.2 Å². The average molecular weight is 587 g/mol. The molecule has 6 rings (SSSR count). The Balaban J connectivity index is 1.65. The van der Waals surface area contributed by atoms with Crippen molar-refractivity contribution in [2.75, 3.05) is 18.6 Å². The van der Waals surface area contributed by atoms with Crippen LogP contribution < -0.4 is 9.64 Å². The van der Waals surface area contributed by atoms with Gasteiger partial charge in [-0.1, -0.05) is 78.9 Å². The van der Waals surface area contributed by atoms with Crippen LogP contribution in [0.15, 0.2) is 97.1 Å². The Bertz CT molecular complexity index is 1690. The molecule has 1 N–H and O–H groups in total. The second-order valence-electron chi connectivity index (χ2n) is 10.9. The molecule has 0 aromatic heterocycles. The van der Waals surface area contributed by atoms with Crippen LogP contribution in [0.4, 0.5) is 18.9 Å². The van der Waals surface area contributed by atoms with E-state index in [1.54, 1.807) is 83.8 Å². The number of aliphatic hydroxyl groups is 1. The minimum atomic E-state index is -4.67. The van der Waals surface area contributed by atoms with Crippen LogP contribution in [0, 0.1) is 0 Å². The first-order valence-corrected chi connectivity index (χ1v) is 13.9. The zero-order valence-electron chi connectivity index (χ0n) is 23.3. The summed E-state index contributed by atoms with van der Waals surface area (Å²) in [4.78, 5) is 31.6. The fourth-order valence-corrected chi connectivity index (χ4v) is 6.60. The molecule has 1 spiro atoms. The Morgan fingerprint density at radius 1 is 0.907 bits per heavy atom. The number of nitrogens with zero attached hydrogens (tertiary/aromatic N) is 2. The topological polar surface area (TPSA) is 70.1 Å². The van der Waals surface area contributed by atoms with E-state index in [0.29, 0.717) is 33.6 Å². The molecule has 0 aliphatic carbocycles. The maximum atomic E-state index is 14.9.